The lowest BCUT2D eigenvalue weighted by molar-refractivity contribution is -0.126. The second-order valence-electron chi connectivity index (χ2n) is 7.47. The first-order valence-corrected chi connectivity index (χ1v) is 9.86. The van der Waals surface area contributed by atoms with Gasteiger partial charge in [-0.2, -0.15) is 0 Å². The lowest BCUT2D eigenvalue weighted by Crippen LogP contribution is -2.48. The van der Waals surface area contributed by atoms with Gasteiger partial charge in [0.05, 0.1) is 5.52 Å². The van der Waals surface area contributed by atoms with Crippen molar-refractivity contribution in [2.24, 2.45) is 0 Å². The summed E-state index contributed by atoms with van der Waals surface area (Å²) < 4.78 is 13.0. The van der Waals surface area contributed by atoms with E-state index in [1.807, 2.05) is 4.90 Å². The molecule has 2 aromatic carbocycles. The van der Waals surface area contributed by atoms with Crippen molar-refractivity contribution in [1.82, 2.24) is 9.88 Å². The summed E-state index contributed by atoms with van der Waals surface area (Å²) in [6.45, 7) is 7.01. The molecule has 4 rings (SSSR count). The molecule has 1 fully saturated rings. The number of aromatic nitrogens is 1. The average molecular weight is 389 g/mol. The molecule has 0 N–H and O–H groups in total. The van der Waals surface area contributed by atoms with Crippen LogP contribution < -0.4 is 4.90 Å². The van der Waals surface area contributed by atoms with Crippen molar-refractivity contribution in [2.75, 3.05) is 31.1 Å². The summed E-state index contributed by atoms with van der Waals surface area (Å²) in [6, 6.07) is 14.5. The van der Waals surface area contributed by atoms with Gasteiger partial charge in [-0.25, -0.2) is 9.37 Å². The number of fused-ring (bicyclic) bond motifs is 1. The Morgan fingerprint density at radius 1 is 1.00 bits per heavy atom. The maximum atomic E-state index is 13.0. The van der Waals surface area contributed by atoms with Crippen molar-refractivity contribution < 1.29 is 9.18 Å². The highest BCUT2D eigenvalue weighted by Crippen LogP contribution is 2.25. The van der Waals surface area contributed by atoms with Crippen molar-refractivity contribution in [1.29, 1.82) is 0 Å². The van der Waals surface area contributed by atoms with Crippen LogP contribution in [0.5, 0.6) is 0 Å². The molecule has 1 amide bonds. The molecule has 29 heavy (non-hydrogen) atoms. The molecular weight excluding hydrogens is 365 g/mol. The van der Waals surface area contributed by atoms with Crippen LogP contribution in [-0.2, 0) is 4.79 Å². The molecule has 5 heteroatoms. The van der Waals surface area contributed by atoms with Crippen LogP contribution in [-0.4, -0.2) is 42.0 Å². The Labute approximate surface area is 170 Å². The standard InChI is InChI=1S/C24H24FN3O/c1-17-4-3-5-21-18(2)16-22(26-24(17)21)27-12-14-28(15-13-27)23(29)11-8-19-6-9-20(25)10-7-19/h3-11,16H,12-15H2,1-2H3/b11-8+. The van der Waals surface area contributed by atoms with E-state index in [0.29, 0.717) is 13.1 Å². The number of nitrogens with zero attached hydrogens (tertiary/aromatic N) is 3. The number of amides is 1. The number of anilines is 1. The smallest absolute Gasteiger partial charge is 0.246 e. The van der Waals surface area contributed by atoms with Crippen LogP contribution in [0.25, 0.3) is 17.0 Å². The normalized spacial score (nSPS) is 14.7. The Morgan fingerprint density at radius 2 is 1.72 bits per heavy atom. The van der Waals surface area contributed by atoms with E-state index in [2.05, 4.69) is 43.0 Å². The summed E-state index contributed by atoms with van der Waals surface area (Å²) in [5.41, 5.74) is 4.24. The molecule has 1 aliphatic rings. The van der Waals surface area contributed by atoms with Gasteiger partial charge in [-0.1, -0.05) is 30.3 Å². The van der Waals surface area contributed by atoms with Gasteiger partial charge in [0.25, 0.3) is 0 Å². The molecule has 0 radical (unpaired) electrons. The Kier molecular flexibility index (Phi) is 5.30. The molecule has 1 saturated heterocycles. The summed E-state index contributed by atoms with van der Waals surface area (Å²) in [4.78, 5) is 21.5. The minimum absolute atomic E-state index is 0.0209. The van der Waals surface area contributed by atoms with E-state index >= 15 is 0 Å². The molecule has 3 aromatic rings. The number of piperazine rings is 1. The molecule has 0 bridgehead atoms. The monoisotopic (exact) mass is 389 g/mol. The van der Waals surface area contributed by atoms with Crippen LogP contribution in [0.1, 0.15) is 16.7 Å². The highest BCUT2D eigenvalue weighted by atomic mass is 19.1. The zero-order valence-electron chi connectivity index (χ0n) is 16.7. The number of hydrogen-bond acceptors (Lipinski definition) is 3. The quantitative estimate of drug-likeness (QED) is 0.625. The van der Waals surface area contributed by atoms with Crippen LogP contribution in [0.3, 0.4) is 0 Å². The van der Waals surface area contributed by atoms with E-state index in [4.69, 9.17) is 4.98 Å². The molecule has 0 saturated carbocycles. The third-order valence-corrected chi connectivity index (χ3v) is 5.44. The zero-order valence-corrected chi connectivity index (χ0v) is 16.7. The number of benzene rings is 2. The maximum Gasteiger partial charge on any atom is 0.246 e. The molecule has 4 nitrogen and oxygen atoms in total. The highest BCUT2D eigenvalue weighted by molar-refractivity contribution is 5.92. The second-order valence-corrected chi connectivity index (χ2v) is 7.47. The molecule has 0 spiro atoms. The fourth-order valence-corrected chi connectivity index (χ4v) is 3.71. The number of halogens is 1. The summed E-state index contributed by atoms with van der Waals surface area (Å²) in [5, 5.41) is 1.19. The van der Waals surface area contributed by atoms with Gasteiger partial charge >= 0.3 is 0 Å². The van der Waals surface area contributed by atoms with E-state index < -0.39 is 0 Å². The molecule has 1 aliphatic heterocycles. The first-order chi connectivity index (χ1) is 14.0. The third kappa shape index (κ3) is 4.14. The number of pyridine rings is 1. The van der Waals surface area contributed by atoms with Gasteiger partial charge in [-0.05, 0) is 54.8 Å². The van der Waals surface area contributed by atoms with E-state index in [1.165, 1.54) is 28.6 Å². The predicted molar refractivity (Wildman–Crippen MR) is 115 cm³/mol. The van der Waals surface area contributed by atoms with Crippen LogP contribution in [0.2, 0.25) is 0 Å². The van der Waals surface area contributed by atoms with Gasteiger partial charge in [0.2, 0.25) is 5.91 Å². The molecule has 1 aromatic heterocycles. The van der Waals surface area contributed by atoms with Crippen LogP contribution >= 0.6 is 0 Å². The average Bonchev–Trinajstić information content (AvgIpc) is 2.74. The second kappa shape index (κ2) is 8.03. The topological polar surface area (TPSA) is 36.4 Å². The van der Waals surface area contributed by atoms with Gasteiger partial charge < -0.3 is 9.80 Å². The maximum absolute atomic E-state index is 13.0. The van der Waals surface area contributed by atoms with Gasteiger partial charge in [-0.3, -0.25) is 4.79 Å². The van der Waals surface area contributed by atoms with Gasteiger partial charge in [0.15, 0.2) is 0 Å². The lowest BCUT2D eigenvalue weighted by Gasteiger charge is -2.35. The summed E-state index contributed by atoms with van der Waals surface area (Å²) in [7, 11) is 0. The van der Waals surface area contributed by atoms with Crippen molar-refractivity contribution in [3.05, 3.63) is 77.1 Å². The van der Waals surface area contributed by atoms with Crippen molar-refractivity contribution in [3.63, 3.8) is 0 Å². The fraction of sp³-hybridized carbons (Fsp3) is 0.250. The number of rotatable bonds is 3. The Bertz CT molecular complexity index is 1070. The number of aryl methyl sites for hydroxylation is 2. The SMILES string of the molecule is Cc1cc(N2CCN(C(=O)/C=C/c3ccc(F)cc3)CC2)nc2c(C)cccc12. The molecule has 2 heterocycles. The van der Waals surface area contributed by atoms with Crippen molar-refractivity contribution in [3.8, 4) is 0 Å². The molecule has 148 valence electrons. The highest BCUT2D eigenvalue weighted by Gasteiger charge is 2.21. The Hall–Kier alpha value is -3.21. The molecular formula is C24H24FN3O. The lowest BCUT2D eigenvalue weighted by atomic mass is 10.1. The molecule has 0 aliphatic carbocycles. The first kappa shape index (κ1) is 19.1. The number of carbonyl (C=O) groups is 1. The van der Waals surface area contributed by atoms with Crippen molar-refractivity contribution in [2.45, 2.75) is 13.8 Å². The summed E-state index contributed by atoms with van der Waals surface area (Å²) in [5.74, 6) is 0.669. The molecule has 0 atom stereocenters. The number of carbonyl (C=O) groups excluding carboxylic acids is 1. The summed E-state index contributed by atoms with van der Waals surface area (Å²) in [6.07, 6.45) is 3.29. The van der Waals surface area contributed by atoms with Gasteiger partial charge in [-0.15, -0.1) is 0 Å². The minimum atomic E-state index is -0.280. The van der Waals surface area contributed by atoms with Gasteiger partial charge in [0.1, 0.15) is 11.6 Å². The van der Waals surface area contributed by atoms with Crippen LogP contribution in [0.15, 0.2) is 54.6 Å². The van der Waals surface area contributed by atoms with Crippen LogP contribution in [0.4, 0.5) is 10.2 Å². The zero-order chi connectivity index (χ0) is 20.4. The van der Waals surface area contributed by atoms with Crippen molar-refractivity contribution >= 4 is 28.7 Å². The third-order valence-electron chi connectivity index (χ3n) is 5.44. The number of para-hydroxylation sites is 1. The first-order valence-electron chi connectivity index (χ1n) is 9.86. The summed E-state index contributed by atoms with van der Waals surface area (Å²) >= 11 is 0. The van der Waals surface area contributed by atoms with E-state index in [1.54, 1.807) is 24.3 Å². The fourth-order valence-electron chi connectivity index (χ4n) is 3.71. The van der Waals surface area contributed by atoms with Crippen LogP contribution in [0, 0.1) is 19.7 Å². The predicted octanol–water partition coefficient (Wildman–Crippen LogP) is 4.35. The largest absolute Gasteiger partial charge is 0.353 e. The van der Waals surface area contributed by atoms with E-state index in [9.17, 15) is 9.18 Å². The minimum Gasteiger partial charge on any atom is -0.353 e. The van der Waals surface area contributed by atoms with E-state index in [0.717, 1.165) is 30.0 Å². The number of hydrogen-bond donors (Lipinski definition) is 0. The van der Waals surface area contributed by atoms with Gasteiger partial charge in [0, 0.05) is 37.6 Å². The van der Waals surface area contributed by atoms with E-state index in [-0.39, 0.29) is 11.7 Å². The Balaban J connectivity index is 1.43. The molecule has 0 unspecified atom stereocenters. The Morgan fingerprint density at radius 3 is 2.45 bits per heavy atom.